The Hall–Kier alpha value is -0.830. The third-order valence-corrected chi connectivity index (χ3v) is 4.43. The molecule has 17 heavy (non-hydrogen) atoms. The van der Waals surface area contributed by atoms with Crippen LogP contribution in [0.2, 0.25) is 0 Å². The number of nitrogens with zero attached hydrogens (tertiary/aromatic N) is 1. The van der Waals surface area contributed by atoms with E-state index in [0.717, 1.165) is 24.6 Å². The van der Waals surface area contributed by atoms with Gasteiger partial charge in [-0.1, -0.05) is 26.2 Å². The largest absolute Gasteiger partial charge is 0.443 e. The van der Waals surface area contributed by atoms with Gasteiger partial charge in [0.1, 0.15) is 5.76 Å². The average molecular weight is 234 g/mol. The fraction of sp³-hybridized carbons (Fsp3) is 0.786. The first-order valence-corrected chi connectivity index (χ1v) is 6.97. The first-order chi connectivity index (χ1) is 8.28. The predicted molar refractivity (Wildman–Crippen MR) is 66.9 cm³/mol. The summed E-state index contributed by atoms with van der Waals surface area (Å²) in [6, 6.07) is 0.350. The number of aromatic nitrogens is 1. The third-order valence-electron chi connectivity index (χ3n) is 4.43. The van der Waals surface area contributed by atoms with Crippen LogP contribution in [0.1, 0.15) is 69.6 Å². The molecule has 0 radical (unpaired) electrons. The molecule has 0 bridgehead atoms. The molecular formula is C14H22N2O. The second-order valence-corrected chi connectivity index (χ2v) is 5.83. The summed E-state index contributed by atoms with van der Waals surface area (Å²) < 4.78 is 6.04. The van der Waals surface area contributed by atoms with Crippen molar-refractivity contribution in [1.82, 2.24) is 10.3 Å². The highest BCUT2D eigenvalue weighted by Crippen LogP contribution is 2.41. The minimum Gasteiger partial charge on any atom is -0.443 e. The topological polar surface area (TPSA) is 38.1 Å². The van der Waals surface area contributed by atoms with E-state index in [2.05, 4.69) is 17.2 Å². The molecule has 1 atom stereocenters. The van der Waals surface area contributed by atoms with Gasteiger partial charge in [-0.05, 0) is 32.2 Å². The van der Waals surface area contributed by atoms with E-state index in [1.165, 1.54) is 38.5 Å². The van der Waals surface area contributed by atoms with E-state index in [1.54, 1.807) is 0 Å². The molecule has 2 heterocycles. The highest BCUT2D eigenvalue weighted by atomic mass is 16.4. The molecule has 1 unspecified atom stereocenters. The maximum absolute atomic E-state index is 6.04. The van der Waals surface area contributed by atoms with E-state index < -0.39 is 0 Å². The normalized spacial score (nSPS) is 28.4. The molecule has 3 rings (SSSR count). The zero-order chi connectivity index (χ0) is 11.7. The molecule has 0 amide bonds. The molecule has 2 aliphatic rings. The summed E-state index contributed by atoms with van der Waals surface area (Å²) in [6.45, 7) is 3.41. The van der Waals surface area contributed by atoms with Crippen molar-refractivity contribution in [1.29, 1.82) is 0 Å². The van der Waals surface area contributed by atoms with Crippen molar-refractivity contribution in [2.75, 3.05) is 6.54 Å². The average Bonchev–Trinajstić information content (AvgIpc) is 2.99. The fourth-order valence-electron chi connectivity index (χ4n) is 3.19. The van der Waals surface area contributed by atoms with Crippen LogP contribution in [0.3, 0.4) is 0 Å². The molecule has 1 saturated heterocycles. The lowest BCUT2D eigenvalue weighted by Gasteiger charge is -2.22. The molecule has 0 spiro atoms. The Morgan fingerprint density at radius 2 is 2.12 bits per heavy atom. The van der Waals surface area contributed by atoms with Gasteiger partial charge in [0.05, 0.1) is 12.2 Å². The summed E-state index contributed by atoms with van der Waals surface area (Å²) in [5, 5.41) is 3.50. The summed E-state index contributed by atoms with van der Waals surface area (Å²) in [6.07, 6.45) is 10.9. The summed E-state index contributed by atoms with van der Waals surface area (Å²) in [4.78, 5) is 4.50. The van der Waals surface area contributed by atoms with Crippen molar-refractivity contribution < 1.29 is 4.42 Å². The molecule has 94 valence electrons. The zero-order valence-electron chi connectivity index (χ0n) is 10.7. The van der Waals surface area contributed by atoms with Crippen molar-refractivity contribution >= 4 is 0 Å². The van der Waals surface area contributed by atoms with Crippen LogP contribution in [-0.4, -0.2) is 11.5 Å². The standard InChI is InChI=1S/C14H22N2O/c1-14(7-3-4-8-14)12-10-16-13(17-12)11-6-2-5-9-15-11/h10-11,15H,2-9H2,1H3. The summed E-state index contributed by atoms with van der Waals surface area (Å²) in [5.41, 5.74) is 0.250. The molecular weight excluding hydrogens is 212 g/mol. The van der Waals surface area contributed by atoms with Gasteiger partial charge in [0.2, 0.25) is 5.89 Å². The number of piperidine rings is 1. The minimum absolute atomic E-state index is 0.250. The van der Waals surface area contributed by atoms with Gasteiger partial charge < -0.3 is 9.73 Å². The van der Waals surface area contributed by atoms with Gasteiger partial charge in [-0.25, -0.2) is 4.98 Å². The first kappa shape index (κ1) is 11.3. The first-order valence-electron chi connectivity index (χ1n) is 6.97. The Kier molecular flexibility index (Phi) is 2.95. The van der Waals surface area contributed by atoms with Crippen LogP contribution >= 0.6 is 0 Å². The summed E-state index contributed by atoms with van der Waals surface area (Å²) >= 11 is 0. The second-order valence-electron chi connectivity index (χ2n) is 5.83. The number of rotatable bonds is 2. The van der Waals surface area contributed by atoms with Crippen LogP contribution < -0.4 is 5.32 Å². The zero-order valence-corrected chi connectivity index (χ0v) is 10.7. The highest BCUT2D eigenvalue weighted by molar-refractivity contribution is 5.13. The molecule has 1 saturated carbocycles. The maximum Gasteiger partial charge on any atom is 0.211 e. The van der Waals surface area contributed by atoms with Gasteiger partial charge in [-0.3, -0.25) is 0 Å². The number of hydrogen-bond donors (Lipinski definition) is 1. The summed E-state index contributed by atoms with van der Waals surface area (Å²) in [5.74, 6) is 2.02. The van der Waals surface area contributed by atoms with Crippen LogP contribution in [0.5, 0.6) is 0 Å². The third kappa shape index (κ3) is 2.13. The molecule has 2 fully saturated rings. The monoisotopic (exact) mass is 234 g/mol. The summed E-state index contributed by atoms with van der Waals surface area (Å²) in [7, 11) is 0. The van der Waals surface area contributed by atoms with Gasteiger partial charge in [0.15, 0.2) is 0 Å². The Balaban J connectivity index is 1.77. The van der Waals surface area contributed by atoms with Gasteiger partial charge in [0.25, 0.3) is 0 Å². The lowest BCUT2D eigenvalue weighted by Crippen LogP contribution is -2.27. The smallest absolute Gasteiger partial charge is 0.211 e. The van der Waals surface area contributed by atoms with Crippen LogP contribution in [0, 0.1) is 0 Å². The fourth-order valence-corrected chi connectivity index (χ4v) is 3.19. The number of nitrogens with one attached hydrogen (secondary N) is 1. The van der Waals surface area contributed by atoms with Gasteiger partial charge in [-0.2, -0.15) is 0 Å². The highest BCUT2D eigenvalue weighted by Gasteiger charge is 2.34. The molecule has 3 heteroatoms. The Labute approximate surface area is 103 Å². The van der Waals surface area contributed by atoms with E-state index in [1.807, 2.05) is 6.20 Å². The van der Waals surface area contributed by atoms with Gasteiger partial charge >= 0.3 is 0 Å². The molecule has 1 aliphatic carbocycles. The van der Waals surface area contributed by atoms with Crippen LogP contribution in [0.25, 0.3) is 0 Å². The van der Waals surface area contributed by atoms with Crippen molar-refractivity contribution in [3.8, 4) is 0 Å². The van der Waals surface area contributed by atoms with E-state index in [-0.39, 0.29) is 5.41 Å². The Bertz CT molecular complexity index is 373. The maximum atomic E-state index is 6.04. The van der Waals surface area contributed by atoms with Crippen molar-refractivity contribution in [3.63, 3.8) is 0 Å². The molecule has 0 aromatic carbocycles. The number of oxazole rings is 1. The van der Waals surface area contributed by atoms with Gasteiger partial charge in [0, 0.05) is 5.41 Å². The second kappa shape index (κ2) is 4.45. The van der Waals surface area contributed by atoms with Crippen molar-refractivity contribution in [2.24, 2.45) is 0 Å². The number of hydrogen-bond acceptors (Lipinski definition) is 3. The molecule has 3 nitrogen and oxygen atoms in total. The van der Waals surface area contributed by atoms with Crippen molar-refractivity contribution in [3.05, 3.63) is 17.8 Å². The molecule has 1 aromatic heterocycles. The van der Waals surface area contributed by atoms with E-state index in [4.69, 9.17) is 4.42 Å². The van der Waals surface area contributed by atoms with Crippen LogP contribution in [-0.2, 0) is 5.41 Å². The lowest BCUT2D eigenvalue weighted by atomic mass is 9.87. The van der Waals surface area contributed by atoms with Crippen molar-refractivity contribution in [2.45, 2.75) is 63.3 Å². The molecule has 1 N–H and O–H groups in total. The lowest BCUT2D eigenvalue weighted by molar-refractivity contribution is 0.298. The SMILES string of the molecule is CC1(c2cnc(C3CCCCN3)o2)CCCC1. The Morgan fingerprint density at radius 3 is 2.82 bits per heavy atom. The van der Waals surface area contributed by atoms with Gasteiger partial charge in [-0.15, -0.1) is 0 Å². The predicted octanol–water partition coefficient (Wildman–Crippen LogP) is 3.32. The molecule has 1 aromatic rings. The van der Waals surface area contributed by atoms with Crippen LogP contribution in [0.15, 0.2) is 10.6 Å². The van der Waals surface area contributed by atoms with Crippen LogP contribution in [0.4, 0.5) is 0 Å². The van der Waals surface area contributed by atoms with E-state index >= 15 is 0 Å². The molecule has 1 aliphatic heterocycles. The van der Waals surface area contributed by atoms with E-state index in [9.17, 15) is 0 Å². The van der Waals surface area contributed by atoms with E-state index in [0.29, 0.717) is 6.04 Å². The Morgan fingerprint density at radius 1 is 1.29 bits per heavy atom. The quantitative estimate of drug-likeness (QED) is 0.853. The minimum atomic E-state index is 0.250.